The highest BCUT2D eigenvalue weighted by molar-refractivity contribution is 5.26. The molecule has 0 atom stereocenters. The lowest BCUT2D eigenvalue weighted by Gasteiger charge is -1.91. The van der Waals surface area contributed by atoms with Gasteiger partial charge < -0.3 is 0 Å². The molecular weight excluding hydrogens is 136 g/mol. The maximum atomic E-state index is 4.53. The molecule has 0 bridgehead atoms. The van der Waals surface area contributed by atoms with Gasteiger partial charge >= 0.3 is 0 Å². The van der Waals surface area contributed by atoms with E-state index in [4.69, 9.17) is 0 Å². The molecule has 1 aromatic heterocycles. The molecule has 0 aliphatic carbocycles. The average molecular weight is 150 g/mol. The fraction of sp³-hybridized carbons (Fsp3) is 0.667. The van der Waals surface area contributed by atoms with Crippen molar-refractivity contribution < 1.29 is 0 Å². The van der Waals surface area contributed by atoms with Gasteiger partial charge in [0.15, 0.2) is 0 Å². The van der Waals surface area contributed by atoms with E-state index in [1.807, 2.05) is 0 Å². The second-order valence-electron chi connectivity index (χ2n) is 3.20. The van der Waals surface area contributed by atoms with Gasteiger partial charge in [0, 0.05) is 12.2 Å². The Bertz CT molecular complexity index is 273. The Balaban J connectivity index is 2.49. The number of hydrogen-bond donors (Lipinski definition) is 0. The third kappa shape index (κ3) is 0.889. The van der Waals surface area contributed by atoms with Crippen molar-refractivity contribution in [3.05, 3.63) is 17.0 Å². The van der Waals surface area contributed by atoms with Gasteiger partial charge in [0.2, 0.25) is 0 Å². The molecule has 2 heterocycles. The molecule has 1 aromatic rings. The van der Waals surface area contributed by atoms with Gasteiger partial charge in [0.1, 0.15) is 0 Å². The van der Waals surface area contributed by atoms with Crippen LogP contribution in [0.15, 0.2) is 0 Å². The maximum Gasteiger partial charge on any atom is 0.0653 e. The maximum absolute atomic E-state index is 4.53. The molecule has 11 heavy (non-hydrogen) atoms. The number of fused-ring (bicyclic) bond motifs is 1. The van der Waals surface area contributed by atoms with Gasteiger partial charge in [-0.25, -0.2) is 0 Å². The van der Waals surface area contributed by atoms with Crippen LogP contribution in [0.4, 0.5) is 0 Å². The van der Waals surface area contributed by atoms with Gasteiger partial charge in [0.25, 0.3) is 0 Å². The second-order valence-corrected chi connectivity index (χ2v) is 3.20. The van der Waals surface area contributed by atoms with E-state index < -0.39 is 0 Å². The number of rotatable bonds is 1. The van der Waals surface area contributed by atoms with E-state index >= 15 is 0 Å². The highest BCUT2D eigenvalue weighted by Gasteiger charge is 2.16. The predicted molar refractivity (Wildman–Crippen MR) is 44.7 cm³/mol. The molecule has 0 amide bonds. The van der Waals surface area contributed by atoms with Crippen molar-refractivity contribution in [2.24, 2.45) is 0 Å². The van der Waals surface area contributed by atoms with Crippen molar-refractivity contribution >= 4 is 0 Å². The summed E-state index contributed by atoms with van der Waals surface area (Å²) in [5.74, 6) is 0. The topological polar surface area (TPSA) is 17.8 Å². The molecule has 0 radical (unpaired) electrons. The number of nitrogens with zero attached hydrogens (tertiary/aromatic N) is 2. The SMILES string of the molecule is CCc1nn2c(c1C)CCC2. The van der Waals surface area contributed by atoms with Gasteiger partial charge in [0.05, 0.1) is 5.69 Å². The second kappa shape index (κ2) is 2.36. The van der Waals surface area contributed by atoms with Crippen LogP contribution in [0.1, 0.15) is 30.3 Å². The normalized spacial score (nSPS) is 15.5. The summed E-state index contributed by atoms with van der Waals surface area (Å²) in [5.41, 5.74) is 4.20. The number of hydrogen-bond acceptors (Lipinski definition) is 1. The van der Waals surface area contributed by atoms with E-state index in [9.17, 15) is 0 Å². The van der Waals surface area contributed by atoms with E-state index in [1.54, 1.807) is 0 Å². The summed E-state index contributed by atoms with van der Waals surface area (Å²) in [4.78, 5) is 0. The molecule has 0 unspecified atom stereocenters. The Labute approximate surface area is 67.2 Å². The molecule has 0 N–H and O–H groups in total. The molecule has 2 rings (SSSR count). The van der Waals surface area contributed by atoms with E-state index in [1.165, 1.54) is 29.8 Å². The van der Waals surface area contributed by atoms with E-state index in [-0.39, 0.29) is 0 Å². The molecule has 0 fully saturated rings. The summed E-state index contributed by atoms with van der Waals surface area (Å²) in [6.45, 7) is 5.50. The summed E-state index contributed by atoms with van der Waals surface area (Å²) < 4.78 is 2.17. The van der Waals surface area contributed by atoms with Crippen LogP contribution in [0.25, 0.3) is 0 Å². The van der Waals surface area contributed by atoms with Crippen LogP contribution >= 0.6 is 0 Å². The fourth-order valence-electron chi connectivity index (χ4n) is 1.87. The minimum Gasteiger partial charge on any atom is -0.269 e. The van der Waals surface area contributed by atoms with Crippen molar-refractivity contribution in [1.82, 2.24) is 9.78 Å². The zero-order chi connectivity index (χ0) is 7.84. The van der Waals surface area contributed by atoms with Crippen molar-refractivity contribution in [2.75, 3.05) is 0 Å². The quantitative estimate of drug-likeness (QED) is 0.595. The van der Waals surface area contributed by atoms with Crippen LogP contribution in [0.3, 0.4) is 0 Å². The zero-order valence-electron chi connectivity index (χ0n) is 7.22. The van der Waals surface area contributed by atoms with Crippen LogP contribution in [0, 0.1) is 6.92 Å². The van der Waals surface area contributed by atoms with E-state index in [0.29, 0.717) is 0 Å². The lowest BCUT2D eigenvalue weighted by Crippen LogP contribution is -1.94. The minimum absolute atomic E-state index is 1.08. The van der Waals surface area contributed by atoms with Crippen LogP contribution in [-0.4, -0.2) is 9.78 Å². The van der Waals surface area contributed by atoms with Crippen molar-refractivity contribution in [1.29, 1.82) is 0 Å². The smallest absolute Gasteiger partial charge is 0.0653 e. The molecule has 1 aliphatic heterocycles. The third-order valence-electron chi connectivity index (χ3n) is 2.54. The lowest BCUT2D eigenvalue weighted by molar-refractivity contribution is 0.645. The highest BCUT2D eigenvalue weighted by atomic mass is 15.3. The third-order valence-corrected chi connectivity index (χ3v) is 2.54. The predicted octanol–water partition coefficient (Wildman–Crippen LogP) is 1.70. The minimum atomic E-state index is 1.08. The Morgan fingerprint density at radius 3 is 3.00 bits per heavy atom. The van der Waals surface area contributed by atoms with Crippen LogP contribution in [0.2, 0.25) is 0 Å². The first-order chi connectivity index (χ1) is 5.33. The summed E-state index contributed by atoms with van der Waals surface area (Å²) in [6.07, 6.45) is 3.60. The molecule has 0 spiro atoms. The van der Waals surface area contributed by atoms with Crippen molar-refractivity contribution in [3.63, 3.8) is 0 Å². The number of aryl methyl sites for hydroxylation is 2. The molecule has 0 saturated carbocycles. The van der Waals surface area contributed by atoms with Crippen LogP contribution < -0.4 is 0 Å². The van der Waals surface area contributed by atoms with Crippen molar-refractivity contribution in [2.45, 2.75) is 39.7 Å². The lowest BCUT2D eigenvalue weighted by atomic mass is 10.1. The first-order valence-electron chi connectivity index (χ1n) is 4.38. The summed E-state index contributed by atoms with van der Waals surface area (Å²) in [7, 11) is 0. The van der Waals surface area contributed by atoms with Gasteiger partial charge in [-0.05, 0) is 31.7 Å². The summed E-state index contributed by atoms with van der Waals surface area (Å²) in [5, 5.41) is 4.53. The molecule has 60 valence electrons. The van der Waals surface area contributed by atoms with Crippen LogP contribution in [-0.2, 0) is 19.4 Å². The molecule has 0 saturated heterocycles. The molecule has 2 heteroatoms. The molecule has 1 aliphatic rings. The Hall–Kier alpha value is -0.790. The molecule has 2 nitrogen and oxygen atoms in total. The first kappa shape index (κ1) is 6.89. The standard InChI is InChI=1S/C9H14N2/c1-3-8-7(2)9-5-4-6-11(9)10-8/h3-6H2,1-2H3. The summed E-state index contributed by atoms with van der Waals surface area (Å²) in [6, 6.07) is 0. The van der Waals surface area contributed by atoms with Crippen molar-refractivity contribution in [3.8, 4) is 0 Å². The van der Waals surface area contributed by atoms with Crippen LogP contribution in [0.5, 0.6) is 0 Å². The number of aromatic nitrogens is 2. The van der Waals surface area contributed by atoms with E-state index in [0.717, 1.165) is 13.0 Å². The zero-order valence-corrected chi connectivity index (χ0v) is 7.22. The summed E-state index contributed by atoms with van der Waals surface area (Å²) >= 11 is 0. The Kier molecular flexibility index (Phi) is 1.48. The largest absolute Gasteiger partial charge is 0.269 e. The highest BCUT2D eigenvalue weighted by Crippen LogP contribution is 2.20. The fourth-order valence-corrected chi connectivity index (χ4v) is 1.87. The monoisotopic (exact) mass is 150 g/mol. The van der Waals surface area contributed by atoms with Gasteiger partial charge in [-0.2, -0.15) is 5.10 Å². The van der Waals surface area contributed by atoms with Gasteiger partial charge in [-0.3, -0.25) is 4.68 Å². The van der Waals surface area contributed by atoms with E-state index in [2.05, 4.69) is 23.6 Å². The molecular formula is C9H14N2. The average Bonchev–Trinajstić information content (AvgIpc) is 2.53. The van der Waals surface area contributed by atoms with Gasteiger partial charge in [-0.15, -0.1) is 0 Å². The Morgan fingerprint density at radius 1 is 1.55 bits per heavy atom. The first-order valence-corrected chi connectivity index (χ1v) is 4.38. The molecule has 0 aromatic carbocycles. The Morgan fingerprint density at radius 2 is 2.36 bits per heavy atom. The van der Waals surface area contributed by atoms with Gasteiger partial charge in [-0.1, -0.05) is 6.92 Å².